The summed E-state index contributed by atoms with van der Waals surface area (Å²) in [4.78, 5) is 41.4. The molecule has 12 heteroatoms. The molecule has 30 heavy (non-hydrogen) atoms. The number of nitrogens with one attached hydrogen (secondary N) is 1. The van der Waals surface area contributed by atoms with E-state index < -0.39 is 30.3 Å². The van der Waals surface area contributed by atoms with Crippen LogP contribution in [0.3, 0.4) is 0 Å². The monoisotopic (exact) mass is 423 g/mol. The van der Waals surface area contributed by atoms with E-state index in [2.05, 4.69) is 15.0 Å². The third-order valence-electron chi connectivity index (χ3n) is 4.44. The molecule has 2 aromatic heterocycles. The van der Waals surface area contributed by atoms with Gasteiger partial charge in [-0.1, -0.05) is 6.07 Å². The first-order chi connectivity index (χ1) is 14.2. The van der Waals surface area contributed by atoms with E-state index in [0.29, 0.717) is 5.56 Å². The van der Waals surface area contributed by atoms with E-state index in [1.165, 1.54) is 47.8 Å². The standard InChI is InChI=1S/C18H19F2N5O5/c1-23-9-22-15-14(23)16(27)25(18(28)24(15)2)8-13(26)21-7-10-4-5-11(30-17(19)20)12(6-10)29-3/h4-6,9,17H,7-8H2,1-3H3,(H,21,26). The summed E-state index contributed by atoms with van der Waals surface area (Å²) in [5.74, 6) is -0.640. The normalized spacial score (nSPS) is 11.1. The molecule has 0 radical (unpaired) electrons. The lowest BCUT2D eigenvalue weighted by molar-refractivity contribution is -0.121. The number of carbonyl (C=O) groups is 1. The van der Waals surface area contributed by atoms with Gasteiger partial charge in [-0.15, -0.1) is 0 Å². The first kappa shape index (κ1) is 21.0. The van der Waals surface area contributed by atoms with Gasteiger partial charge in [0.05, 0.1) is 13.4 Å². The van der Waals surface area contributed by atoms with Crippen LogP contribution in [0.5, 0.6) is 11.5 Å². The highest BCUT2D eigenvalue weighted by Gasteiger charge is 2.17. The molecule has 0 aliphatic carbocycles. The van der Waals surface area contributed by atoms with E-state index in [4.69, 9.17) is 4.74 Å². The molecule has 3 aromatic rings. The number of carbonyl (C=O) groups excluding carboxylic acids is 1. The minimum absolute atomic E-state index is 0.0210. The molecule has 0 aliphatic heterocycles. The Kier molecular flexibility index (Phi) is 5.85. The fraction of sp³-hybridized carbons (Fsp3) is 0.333. The van der Waals surface area contributed by atoms with Crippen LogP contribution in [0.25, 0.3) is 11.2 Å². The maximum Gasteiger partial charge on any atom is 0.387 e. The summed E-state index contributed by atoms with van der Waals surface area (Å²) in [5, 5.41) is 2.58. The molecular weight excluding hydrogens is 404 g/mol. The number of aryl methyl sites for hydroxylation is 2. The molecule has 0 spiro atoms. The van der Waals surface area contributed by atoms with E-state index in [0.717, 1.165) is 4.57 Å². The van der Waals surface area contributed by atoms with Gasteiger partial charge in [0.25, 0.3) is 5.56 Å². The molecule has 3 rings (SSSR count). The van der Waals surface area contributed by atoms with E-state index >= 15 is 0 Å². The number of amides is 1. The zero-order valence-electron chi connectivity index (χ0n) is 16.4. The number of hydrogen-bond donors (Lipinski definition) is 1. The predicted octanol–water partition coefficient (Wildman–Crippen LogP) is 0.360. The fourth-order valence-electron chi connectivity index (χ4n) is 2.95. The lowest BCUT2D eigenvalue weighted by atomic mass is 10.2. The highest BCUT2D eigenvalue weighted by Crippen LogP contribution is 2.29. The van der Waals surface area contributed by atoms with Gasteiger partial charge in [0.2, 0.25) is 5.91 Å². The Labute approximate surface area is 168 Å². The molecule has 0 saturated carbocycles. The van der Waals surface area contributed by atoms with Crippen molar-refractivity contribution in [3.63, 3.8) is 0 Å². The van der Waals surface area contributed by atoms with Crippen molar-refractivity contribution < 1.29 is 23.0 Å². The van der Waals surface area contributed by atoms with Crippen LogP contribution >= 0.6 is 0 Å². The fourth-order valence-corrected chi connectivity index (χ4v) is 2.95. The molecule has 0 atom stereocenters. The van der Waals surface area contributed by atoms with Crippen LogP contribution in [0.2, 0.25) is 0 Å². The van der Waals surface area contributed by atoms with Crippen molar-refractivity contribution in [3.8, 4) is 11.5 Å². The number of aromatic nitrogens is 4. The van der Waals surface area contributed by atoms with Gasteiger partial charge in [0, 0.05) is 20.6 Å². The number of hydrogen-bond acceptors (Lipinski definition) is 6. The molecule has 0 fully saturated rings. The van der Waals surface area contributed by atoms with Gasteiger partial charge in [0.1, 0.15) is 6.54 Å². The molecule has 1 amide bonds. The van der Waals surface area contributed by atoms with Gasteiger partial charge >= 0.3 is 12.3 Å². The number of halogens is 2. The Bertz CT molecular complexity index is 1210. The molecule has 2 heterocycles. The van der Waals surface area contributed by atoms with Crippen molar-refractivity contribution in [1.29, 1.82) is 0 Å². The first-order valence-corrected chi connectivity index (χ1v) is 8.72. The van der Waals surface area contributed by atoms with Crippen molar-refractivity contribution in [1.82, 2.24) is 24.0 Å². The lowest BCUT2D eigenvalue weighted by Crippen LogP contribution is -2.43. The number of benzene rings is 1. The lowest BCUT2D eigenvalue weighted by Gasteiger charge is -2.12. The smallest absolute Gasteiger partial charge is 0.387 e. The quantitative estimate of drug-likeness (QED) is 0.588. The van der Waals surface area contributed by atoms with Crippen LogP contribution in [0.1, 0.15) is 5.56 Å². The summed E-state index contributed by atoms with van der Waals surface area (Å²) < 4.78 is 37.6. The van der Waals surface area contributed by atoms with Gasteiger partial charge in [0.15, 0.2) is 22.7 Å². The predicted molar refractivity (Wildman–Crippen MR) is 102 cm³/mol. The molecule has 0 saturated heterocycles. The third-order valence-corrected chi connectivity index (χ3v) is 4.44. The minimum atomic E-state index is -3.00. The van der Waals surface area contributed by atoms with E-state index in [1.54, 1.807) is 7.05 Å². The van der Waals surface area contributed by atoms with Crippen molar-refractivity contribution >= 4 is 17.1 Å². The van der Waals surface area contributed by atoms with Crippen LogP contribution in [-0.4, -0.2) is 38.3 Å². The number of alkyl halides is 2. The second-order valence-electron chi connectivity index (χ2n) is 6.40. The van der Waals surface area contributed by atoms with Crippen molar-refractivity contribution in [3.05, 3.63) is 50.9 Å². The molecule has 0 aliphatic rings. The number of rotatable bonds is 7. The van der Waals surface area contributed by atoms with E-state index in [1.807, 2.05) is 0 Å². The largest absolute Gasteiger partial charge is 0.493 e. The zero-order valence-corrected chi connectivity index (χ0v) is 16.4. The number of methoxy groups -OCH3 is 1. The van der Waals surface area contributed by atoms with Gasteiger partial charge in [-0.3, -0.25) is 14.2 Å². The van der Waals surface area contributed by atoms with Crippen molar-refractivity contribution in [2.45, 2.75) is 19.7 Å². The number of ether oxygens (including phenoxy) is 2. The Morgan fingerprint density at radius 1 is 1.23 bits per heavy atom. The van der Waals surface area contributed by atoms with Crippen LogP contribution in [-0.2, 0) is 32.0 Å². The molecule has 160 valence electrons. The van der Waals surface area contributed by atoms with Gasteiger partial charge < -0.3 is 19.4 Å². The summed E-state index contributed by atoms with van der Waals surface area (Å²) in [6.45, 7) is -3.47. The molecule has 10 nitrogen and oxygen atoms in total. The summed E-state index contributed by atoms with van der Waals surface area (Å²) in [6.07, 6.45) is 1.41. The molecular formula is C18H19F2N5O5. The highest BCUT2D eigenvalue weighted by molar-refractivity contribution is 5.76. The maximum atomic E-state index is 12.6. The summed E-state index contributed by atoms with van der Waals surface area (Å²) in [7, 11) is 4.37. The van der Waals surface area contributed by atoms with Gasteiger partial charge in [-0.2, -0.15) is 8.78 Å². The zero-order chi connectivity index (χ0) is 22.0. The Hall–Kier alpha value is -3.70. The van der Waals surface area contributed by atoms with Crippen molar-refractivity contribution in [2.75, 3.05) is 7.11 Å². The number of fused-ring (bicyclic) bond motifs is 1. The summed E-state index contributed by atoms with van der Waals surface area (Å²) in [5.41, 5.74) is -0.328. The Morgan fingerprint density at radius 3 is 2.63 bits per heavy atom. The Morgan fingerprint density at radius 2 is 1.97 bits per heavy atom. The van der Waals surface area contributed by atoms with Crippen LogP contribution in [0, 0.1) is 0 Å². The second-order valence-corrected chi connectivity index (χ2v) is 6.40. The average Bonchev–Trinajstić information content (AvgIpc) is 3.10. The molecule has 0 unspecified atom stereocenters. The highest BCUT2D eigenvalue weighted by atomic mass is 19.3. The van der Waals surface area contributed by atoms with E-state index in [9.17, 15) is 23.2 Å². The van der Waals surface area contributed by atoms with Gasteiger partial charge in [-0.25, -0.2) is 14.3 Å². The average molecular weight is 423 g/mol. The maximum absolute atomic E-state index is 12.6. The van der Waals surface area contributed by atoms with Crippen molar-refractivity contribution in [2.24, 2.45) is 14.1 Å². The number of nitrogens with zero attached hydrogens (tertiary/aromatic N) is 4. The van der Waals surface area contributed by atoms with Crippen LogP contribution in [0.4, 0.5) is 8.78 Å². The number of imidazole rings is 1. The summed E-state index contributed by atoms with van der Waals surface area (Å²) >= 11 is 0. The third kappa shape index (κ3) is 4.02. The van der Waals surface area contributed by atoms with Gasteiger partial charge in [-0.05, 0) is 17.7 Å². The van der Waals surface area contributed by atoms with Crippen LogP contribution < -0.4 is 26.0 Å². The molecule has 0 bridgehead atoms. The van der Waals surface area contributed by atoms with E-state index in [-0.39, 0.29) is 29.2 Å². The first-order valence-electron chi connectivity index (χ1n) is 8.72. The summed E-state index contributed by atoms with van der Waals surface area (Å²) in [6, 6.07) is 4.21. The Balaban J connectivity index is 1.76. The molecule has 1 aromatic carbocycles. The minimum Gasteiger partial charge on any atom is -0.493 e. The topological polar surface area (TPSA) is 109 Å². The second kappa shape index (κ2) is 8.35. The van der Waals surface area contributed by atoms with Crippen LogP contribution in [0.15, 0.2) is 34.1 Å². The molecule has 1 N–H and O–H groups in total. The SMILES string of the molecule is COc1cc(CNC(=O)Cn2c(=O)c3c(ncn3C)n(C)c2=O)ccc1OC(F)F.